The minimum Gasteiger partial charge on any atom is -0.364 e. The summed E-state index contributed by atoms with van der Waals surface area (Å²) in [6.45, 7) is 0. The quantitative estimate of drug-likeness (QED) is 0.869. The first-order valence-electron chi connectivity index (χ1n) is 5.72. The molecule has 2 rings (SSSR count). The first kappa shape index (κ1) is 15.7. The van der Waals surface area contributed by atoms with Crippen LogP contribution in [0.2, 0.25) is 5.02 Å². The van der Waals surface area contributed by atoms with Gasteiger partial charge in [0.2, 0.25) is 5.72 Å². The van der Waals surface area contributed by atoms with Gasteiger partial charge in [-0.25, -0.2) is 17.6 Å². The molecule has 4 nitrogen and oxygen atoms in total. The largest absolute Gasteiger partial charge is 0.364 e. The number of hydrazone groups is 1. The number of halogens is 5. The van der Waals surface area contributed by atoms with Crippen LogP contribution in [-0.4, -0.2) is 40.3 Å². The standard InChI is InChI=1S/C12H9ClF4N2O2/c13-7-3-1-2-6(4-7)10(20)19-12(21,11(16)17)5-8(18-19)9(14)15/h1-4,9,11,21H,5H2/t12-/m0/s1. The van der Waals surface area contributed by atoms with Gasteiger partial charge in [-0.3, -0.25) is 4.79 Å². The van der Waals surface area contributed by atoms with E-state index in [0.29, 0.717) is 0 Å². The lowest BCUT2D eigenvalue weighted by atomic mass is 10.1. The van der Waals surface area contributed by atoms with Crippen LogP contribution >= 0.6 is 11.6 Å². The summed E-state index contributed by atoms with van der Waals surface area (Å²) in [5.74, 6) is -1.14. The molecule has 0 saturated heterocycles. The van der Waals surface area contributed by atoms with E-state index in [-0.39, 0.29) is 15.6 Å². The van der Waals surface area contributed by atoms with Crippen LogP contribution in [0, 0.1) is 0 Å². The molecule has 0 aromatic heterocycles. The van der Waals surface area contributed by atoms with Crippen LogP contribution in [0.15, 0.2) is 29.4 Å². The third kappa shape index (κ3) is 2.86. The predicted molar refractivity (Wildman–Crippen MR) is 66.6 cm³/mol. The summed E-state index contributed by atoms with van der Waals surface area (Å²) in [6.07, 6.45) is -7.72. The van der Waals surface area contributed by atoms with Gasteiger partial charge in [-0.2, -0.15) is 10.1 Å². The molecule has 1 aromatic carbocycles. The molecule has 114 valence electrons. The molecule has 0 bridgehead atoms. The zero-order chi connectivity index (χ0) is 15.8. The summed E-state index contributed by atoms with van der Waals surface area (Å²) in [4.78, 5) is 12.1. The number of nitrogens with zero attached hydrogens (tertiary/aromatic N) is 2. The Bertz CT molecular complexity index is 596. The molecule has 1 heterocycles. The maximum atomic E-state index is 13.0. The Morgan fingerprint density at radius 3 is 2.57 bits per heavy atom. The molecule has 0 saturated carbocycles. The monoisotopic (exact) mass is 324 g/mol. The average Bonchev–Trinajstić information content (AvgIpc) is 2.77. The maximum absolute atomic E-state index is 13.0. The molecule has 0 aliphatic carbocycles. The fraction of sp³-hybridized carbons (Fsp3) is 0.333. The van der Waals surface area contributed by atoms with Crippen molar-refractivity contribution in [2.75, 3.05) is 0 Å². The lowest BCUT2D eigenvalue weighted by Gasteiger charge is -2.30. The predicted octanol–water partition coefficient (Wildman–Crippen LogP) is 2.76. The van der Waals surface area contributed by atoms with Crippen LogP contribution in [0.5, 0.6) is 0 Å². The van der Waals surface area contributed by atoms with Crippen molar-refractivity contribution >= 4 is 23.2 Å². The van der Waals surface area contributed by atoms with Gasteiger partial charge in [-0.15, -0.1) is 0 Å². The molecule has 0 spiro atoms. The lowest BCUT2D eigenvalue weighted by molar-refractivity contribution is -0.164. The molecule has 9 heteroatoms. The Morgan fingerprint density at radius 1 is 1.38 bits per heavy atom. The fourth-order valence-corrected chi connectivity index (χ4v) is 2.04. The Labute approximate surface area is 121 Å². The van der Waals surface area contributed by atoms with Gasteiger partial charge in [-0.1, -0.05) is 17.7 Å². The van der Waals surface area contributed by atoms with Crippen LogP contribution in [0.1, 0.15) is 16.8 Å². The molecule has 0 fully saturated rings. The first-order chi connectivity index (χ1) is 9.75. The molecular formula is C12H9ClF4N2O2. The second kappa shape index (κ2) is 5.61. The summed E-state index contributed by atoms with van der Waals surface area (Å²) in [5, 5.41) is 13.1. The SMILES string of the molecule is O=C(c1cccc(Cl)c1)N1N=C(C(F)F)C[C@]1(O)C(F)F. The Morgan fingerprint density at radius 2 is 2.05 bits per heavy atom. The van der Waals surface area contributed by atoms with Gasteiger partial charge < -0.3 is 5.11 Å². The second-order valence-electron chi connectivity index (χ2n) is 4.38. The summed E-state index contributed by atoms with van der Waals surface area (Å²) < 4.78 is 51.2. The van der Waals surface area contributed by atoms with E-state index in [9.17, 15) is 27.5 Å². The van der Waals surface area contributed by atoms with Gasteiger partial charge in [0, 0.05) is 17.0 Å². The van der Waals surface area contributed by atoms with Crippen molar-refractivity contribution < 1.29 is 27.5 Å². The van der Waals surface area contributed by atoms with Crippen molar-refractivity contribution in [3.05, 3.63) is 34.9 Å². The van der Waals surface area contributed by atoms with Gasteiger partial charge in [0.15, 0.2) is 0 Å². The second-order valence-corrected chi connectivity index (χ2v) is 4.81. The molecule has 1 aliphatic rings. The number of rotatable bonds is 3. The van der Waals surface area contributed by atoms with Crippen molar-refractivity contribution in [2.24, 2.45) is 5.10 Å². The summed E-state index contributed by atoms with van der Waals surface area (Å²) in [6, 6.07) is 5.22. The van der Waals surface area contributed by atoms with Crippen molar-refractivity contribution in [1.82, 2.24) is 5.01 Å². The van der Waals surface area contributed by atoms with E-state index in [1.807, 2.05) is 0 Å². The van der Waals surface area contributed by atoms with Crippen LogP contribution in [0.4, 0.5) is 17.6 Å². The molecule has 1 amide bonds. The number of carbonyl (C=O) groups is 1. The van der Waals surface area contributed by atoms with E-state index in [1.54, 1.807) is 0 Å². The highest BCUT2D eigenvalue weighted by Crippen LogP contribution is 2.34. The van der Waals surface area contributed by atoms with Crippen molar-refractivity contribution in [1.29, 1.82) is 0 Å². The molecular weight excluding hydrogens is 316 g/mol. The highest BCUT2D eigenvalue weighted by Gasteiger charge is 2.53. The van der Waals surface area contributed by atoms with Gasteiger partial charge in [0.1, 0.15) is 5.71 Å². The highest BCUT2D eigenvalue weighted by atomic mass is 35.5. The van der Waals surface area contributed by atoms with Crippen LogP contribution in [0.3, 0.4) is 0 Å². The fourth-order valence-electron chi connectivity index (χ4n) is 1.85. The minimum absolute atomic E-state index is 0.00910. The van der Waals surface area contributed by atoms with E-state index < -0.39 is 36.6 Å². The van der Waals surface area contributed by atoms with Crippen LogP contribution in [-0.2, 0) is 0 Å². The Balaban J connectivity index is 2.40. The van der Waals surface area contributed by atoms with Crippen molar-refractivity contribution in [2.45, 2.75) is 25.0 Å². The first-order valence-corrected chi connectivity index (χ1v) is 6.09. The number of amides is 1. The molecule has 1 aliphatic heterocycles. The normalized spacial score (nSPS) is 22.1. The average molecular weight is 325 g/mol. The number of hydrogen-bond donors (Lipinski definition) is 1. The summed E-state index contributed by atoms with van der Waals surface area (Å²) in [7, 11) is 0. The van der Waals surface area contributed by atoms with Gasteiger partial charge >= 0.3 is 0 Å². The number of benzene rings is 1. The third-order valence-electron chi connectivity index (χ3n) is 2.90. The molecule has 1 atom stereocenters. The third-order valence-corrected chi connectivity index (χ3v) is 3.14. The van der Waals surface area contributed by atoms with E-state index in [2.05, 4.69) is 5.10 Å². The Hall–Kier alpha value is -1.67. The zero-order valence-corrected chi connectivity index (χ0v) is 11.1. The minimum atomic E-state index is -3.46. The molecule has 0 unspecified atom stereocenters. The number of aliphatic hydroxyl groups is 1. The van der Waals surface area contributed by atoms with Crippen LogP contribution in [0.25, 0.3) is 0 Å². The van der Waals surface area contributed by atoms with Crippen molar-refractivity contribution in [3.63, 3.8) is 0 Å². The van der Waals surface area contributed by atoms with E-state index in [1.165, 1.54) is 18.2 Å². The molecule has 21 heavy (non-hydrogen) atoms. The smallest absolute Gasteiger partial charge is 0.287 e. The topological polar surface area (TPSA) is 52.9 Å². The Kier molecular flexibility index (Phi) is 4.20. The van der Waals surface area contributed by atoms with E-state index in [0.717, 1.165) is 6.07 Å². The van der Waals surface area contributed by atoms with Gasteiger partial charge in [-0.05, 0) is 18.2 Å². The van der Waals surface area contributed by atoms with Crippen LogP contribution < -0.4 is 0 Å². The van der Waals surface area contributed by atoms with Crippen molar-refractivity contribution in [3.8, 4) is 0 Å². The number of hydrogen-bond acceptors (Lipinski definition) is 3. The maximum Gasteiger partial charge on any atom is 0.287 e. The number of carbonyl (C=O) groups excluding carboxylic acids is 1. The zero-order valence-electron chi connectivity index (χ0n) is 10.3. The van der Waals surface area contributed by atoms with Gasteiger partial charge in [0.05, 0.1) is 0 Å². The molecule has 1 N–H and O–H groups in total. The summed E-state index contributed by atoms with van der Waals surface area (Å²) >= 11 is 5.67. The van der Waals surface area contributed by atoms with E-state index in [4.69, 9.17) is 11.6 Å². The lowest BCUT2D eigenvalue weighted by Crippen LogP contribution is -2.51. The van der Waals surface area contributed by atoms with E-state index >= 15 is 0 Å². The molecule has 1 aromatic rings. The van der Waals surface area contributed by atoms with Gasteiger partial charge in [0.25, 0.3) is 18.8 Å². The highest BCUT2D eigenvalue weighted by molar-refractivity contribution is 6.31. The summed E-state index contributed by atoms with van der Waals surface area (Å²) in [5.41, 5.74) is -4.22. The molecule has 0 radical (unpaired) electrons. The number of alkyl halides is 4.